The highest BCUT2D eigenvalue weighted by atomic mass is 35.5. The number of hydrogen-bond acceptors (Lipinski definition) is 3. The molecule has 2 aliphatic rings. The summed E-state index contributed by atoms with van der Waals surface area (Å²) >= 11 is 6.12. The van der Waals surface area contributed by atoms with E-state index in [0.717, 1.165) is 43.3 Å². The Morgan fingerprint density at radius 2 is 2.00 bits per heavy atom. The Bertz CT molecular complexity index is 671. The monoisotopic (exact) mass is 363 g/mol. The first-order valence-corrected chi connectivity index (χ1v) is 9.34. The number of amides is 2. The summed E-state index contributed by atoms with van der Waals surface area (Å²) in [5.41, 5.74) is 2.14. The second-order valence-electron chi connectivity index (χ2n) is 7.41. The Labute approximate surface area is 154 Å². The molecule has 2 fully saturated rings. The van der Waals surface area contributed by atoms with E-state index in [1.54, 1.807) is 0 Å². The minimum atomic E-state index is -0.216. The normalized spacial score (nSPS) is 23.7. The first-order chi connectivity index (χ1) is 11.9. The SMILES string of the molecule is Cc1ccc(Cl)cc1N1CCN(C(=O)CC[C@@]2(C)CCC(=O)N2)CC1. The third-order valence-electron chi connectivity index (χ3n) is 5.38. The smallest absolute Gasteiger partial charge is 0.222 e. The highest BCUT2D eigenvalue weighted by Crippen LogP contribution is 2.27. The van der Waals surface area contributed by atoms with Crippen LogP contribution in [0.5, 0.6) is 0 Å². The van der Waals surface area contributed by atoms with Gasteiger partial charge in [-0.3, -0.25) is 9.59 Å². The summed E-state index contributed by atoms with van der Waals surface area (Å²) in [6, 6.07) is 5.94. The third kappa shape index (κ3) is 4.27. The second kappa shape index (κ2) is 7.24. The van der Waals surface area contributed by atoms with E-state index in [1.165, 1.54) is 5.56 Å². The van der Waals surface area contributed by atoms with Gasteiger partial charge in [0.05, 0.1) is 0 Å². The molecule has 1 aromatic carbocycles. The highest BCUT2D eigenvalue weighted by Gasteiger charge is 2.33. The zero-order chi connectivity index (χ0) is 18.0. The number of rotatable bonds is 4. The molecule has 3 rings (SSSR count). The van der Waals surface area contributed by atoms with E-state index in [0.29, 0.717) is 19.3 Å². The largest absolute Gasteiger partial charge is 0.368 e. The van der Waals surface area contributed by atoms with Crippen LogP contribution >= 0.6 is 11.6 Å². The summed E-state index contributed by atoms with van der Waals surface area (Å²) in [5, 5.41) is 3.74. The lowest BCUT2D eigenvalue weighted by Crippen LogP contribution is -2.49. The summed E-state index contributed by atoms with van der Waals surface area (Å²) in [5.74, 6) is 0.283. The molecule has 1 N–H and O–H groups in total. The molecule has 0 saturated carbocycles. The van der Waals surface area contributed by atoms with E-state index >= 15 is 0 Å². The Kier molecular flexibility index (Phi) is 5.23. The first kappa shape index (κ1) is 18.1. The van der Waals surface area contributed by atoms with Gasteiger partial charge in [-0.1, -0.05) is 17.7 Å². The summed E-state index contributed by atoms with van der Waals surface area (Å²) in [6.07, 6.45) is 2.60. The number of halogens is 1. The Morgan fingerprint density at radius 3 is 2.64 bits per heavy atom. The van der Waals surface area contributed by atoms with E-state index < -0.39 is 0 Å². The maximum atomic E-state index is 12.5. The van der Waals surface area contributed by atoms with Crippen molar-refractivity contribution < 1.29 is 9.59 Å². The van der Waals surface area contributed by atoms with Crippen LogP contribution in [-0.2, 0) is 9.59 Å². The van der Waals surface area contributed by atoms with Crippen molar-refractivity contribution in [3.8, 4) is 0 Å². The van der Waals surface area contributed by atoms with Crippen molar-refractivity contribution in [2.24, 2.45) is 0 Å². The van der Waals surface area contributed by atoms with Crippen LogP contribution in [0.3, 0.4) is 0 Å². The van der Waals surface area contributed by atoms with E-state index in [9.17, 15) is 9.59 Å². The van der Waals surface area contributed by atoms with Crippen LogP contribution in [0.4, 0.5) is 5.69 Å². The van der Waals surface area contributed by atoms with Gasteiger partial charge >= 0.3 is 0 Å². The van der Waals surface area contributed by atoms with Gasteiger partial charge in [0.1, 0.15) is 0 Å². The number of benzene rings is 1. The molecule has 0 aliphatic carbocycles. The molecular weight excluding hydrogens is 338 g/mol. The molecule has 2 amide bonds. The number of nitrogens with zero attached hydrogens (tertiary/aromatic N) is 2. The Hall–Kier alpha value is -1.75. The fraction of sp³-hybridized carbons (Fsp3) is 0.579. The van der Waals surface area contributed by atoms with Gasteiger partial charge in [0.25, 0.3) is 0 Å². The van der Waals surface area contributed by atoms with Gasteiger partial charge in [-0.15, -0.1) is 0 Å². The molecule has 136 valence electrons. The van der Waals surface area contributed by atoms with Gasteiger partial charge in [-0.25, -0.2) is 0 Å². The van der Waals surface area contributed by atoms with Crippen molar-refractivity contribution in [1.29, 1.82) is 0 Å². The maximum absolute atomic E-state index is 12.5. The van der Waals surface area contributed by atoms with Crippen LogP contribution in [0.15, 0.2) is 18.2 Å². The molecule has 5 nitrogen and oxygen atoms in total. The Morgan fingerprint density at radius 1 is 1.28 bits per heavy atom. The zero-order valence-electron chi connectivity index (χ0n) is 15.0. The number of carbonyl (C=O) groups excluding carboxylic acids is 2. The zero-order valence-corrected chi connectivity index (χ0v) is 15.7. The minimum absolute atomic E-state index is 0.0976. The standard InChI is InChI=1S/C19H26ClN3O2/c1-14-3-4-15(20)13-16(14)22-9-11-23(12-10-22)18(25)6-8-19(2)7-5-17(24)21-19/h3-4,13H,5-12H2,1-2H3,(H,21,24)/t19-/m1/s1. The highest BCUT2D eigenvalue weighted by molar-refractivity contribution is 6.30. The van der Waals surface area contributed by atoms with Crippen molar-refractivity contribution >= 4 is 29.1 Å². The molecule has 25 heavy (non-hydrogen) atoms. The average Bonchev–Trinajstić information content (AvgIpc) is 2.94. The molecular formula is C19H26ClN3O2. The maximum Gasteiger partial charge on any atom is 0.222 e. The average molecular weight is 364 g/mol. The first-order valence-electron chi connectivity index (χ1n) is 8.96. The topological polar surface area (TPSA) is 52.7 Å². The molecule has 1 atom stereocenters. The van der Waals surface area contributed by atoms with Crippen LogP contribution < -0.4 is 10.2 Å². The van der Waals surface area contributed by atoms with Crippen LogP contribution in [-0.4, -0.2) is 48.4 Å². The molecule has 0 aromatic heterocycles. The molecule has 0 spiro atoms. The van der Waals surface area contributed by atoms with E-state index in [4.69, 9.17) is 11.6 Å². The lowest BCUT2D eigenvalue weighted by atomic mass is 9.94. The molecule has 1 aromatic rings. The summed E-state index contributed by atoms with van der Waals surface area (Å²) < 4.78 is 0. The number of piperazine rings is 1. The molecule has 0 radical (unpaired) electrons. The number of nitrogens with one attached hydrogen (secondary N) is 1. The van der Waals surface area contributed by atoms with E-state index in [2.05, 4.69) is 17.1 Å². The summed E-state index contributed by atoms with van der Waals surface area (Å²) in [7, 11) is 0. The molecule has 0 unspecified atom stereocenters. The van der Waals surface area contributed by atoms with Crippen molar-refractivity contribution in [2.45, 2.75) is 45.1 Å². The molecule has 2 aliphatic heterocycles. The quantitative estimate of drug-likeness (QED) is 0.894. The Balaban J connectivity index is 1.51. The van der Waals surface area contributed by atoms with Crippen LogP contribution in [0, 0.1) is 6.92 Å². The van der Waals surface area contributed by atoms with Gasteiger partial charge in [0, 0.05) is 55.3 Å². The van der Waals surface area contributed by atoms with Gasteiger partial charge in [0.2, 0.25) is 11.8 Å². The number of aryl methyl sites for hydroxylation is 1. The molecule has 2 saturated heterocycles. The van der Waals surface area contributed by atoms with Crippen LogP contribution in [0.2, 0.25) is 5.02 Å². The van der Waals surface area contributed by atoms with Gasteiger partial charge in [-0.05, 0) is 44.4 Å². The van der Waals surface area contributed by atoms with Crippen molar-refractivity contribution in [1.82, 2.24) is 10.2 Å². The summed E-state index contributed by atoms with van der Waals surface area (Å²) in [4.78, 5) is 28.2. The lowest BCUT2D eigenvalue weighted by Gasteiger charge is -2.37. The number of carbonyl (C=O) groups is 2. The van der Waals surface area contributed by atoms with Crippen LogP contribution in [0.25, 0.3) is 0 Å². The predicted octanol–water partition coefficient (Wildman–Crippen LogP) is 2.75. The van der Waals surface area contributed by atoms with Crippen molar-refractivity contribution in [3.63, 3.8) is 0 Å². The second-order valence-corrected chi connectivity index (χ2v) is 7.84. The minimum Gasteiger partial charge on any atom is -0.368 e. The van der Waals surface area contributed by atoms with Crippen LogP contribution in [0.1, 0.15) is 38.2 Å². The molecule has 0 bridgehead atoms. The van der Waals surface area contributed by atoms with Crippen molar-refractivity contribution in [2.75, 3.05) is 31.1 Å². The van der Waals surface area contributed by atoms with Crippen molar-refractivity contribution in [3.05, 3.63) is 28.8 Å². The molecule has 2 heterocycles. The van der Waals surface area contributed by atoms with E-state index in [-0.39, 0.29) is 17.4 Å². The fourth-order valence-electron chi connectivity index (χ4n) is 3.70. The van der Waals surface area contributed by atoms with Gasteiger partial charge in [-0.2, -0.15) is 0 Å². The van der Waals surface area contributed by atoms with Gasteiger partial charge < -0.3 is 15.1 Å². The fourth-order valence-corrected chi connectivity index (χ4v) is 3.87. The lowest BCUT2D eigenvalue weighted by molar-refractivity contribution is -0.132. The van der Waals surface area contributed by atoms with Gasteiger partial charge in [0.15, 0.2) is 0 Å². The number of hydrogen-bond donors (Lipinski definition) is 1. The number of anilines is 1. The van der Waals surface area contributed by atoms with E-state index in [1.807, 2.05) is 30.0 Å². The third-order valence-corrected chi connectivity index (χ3v) is 5.62. The predicted molar refractivity (Wildman–Crippen MR) is 100.0 cm³/mol. The summed E-state index contributed by atoms with van der Waals surface area (Å²) in [6.45, 7) is 7.22. The molecule has 6 heteroatoms.